The highest BCUT2D eigenvalue weighted by Gasteiger charge is 2.50. The minimum Gasteiger partial charge on any atom is -0.317 e. The summed E-state index contributed by atoms with van der Waals surface area (Å²) < 4.78 is 0. The predicted octanol–water partition coefficient (Wildman–Crippen LogP) is 1.57. The summed E-state index contributed by atoms with van der Waals surface area (Å²) in [7, 11) is 0. The number of piperidine rings is 1. The van der Waals surface area contributed by atoms with Gasteiger partial charge in [-0.15, -0.1) is 0 Å². The zero-order chi connectivity index (χ0) is 13.3. The maximum atomic E-state index is 12.8. The number of para-hydroxylation sites is 1. The Bertz CT molecular complexity index is 541. The molecule has 1 saturated heterocycles. The molecular formula is C15H17N3O. The van der Waals surface area contributed by atoms with Crippen molar-refractivity contribution in [3.63, 3.8) is 0 Å². The molecule has 2 aliphatic heterocycles. The van der Waals surface area contributed by atoms with Crippen LogP contribution in [0.1, 0.15) is 24.8 Å². The van der Waals surface area contributed by atoms with Crippen LogP contribution in [-0.2, 0) is 10.2 Å². The van der Waals surface area contributed by atoms with Gasteiger partial charge in [0.05, 0.1) is 17.9 Å². The summed E-state index contributed by atoms with van der Waals surface area (Å²) in [6.07, 6.45) is 2.09. The van der Waals surface area contributed by atoms with Crippen LogP contribution < -0.4 is 10.2 Å². The van der Waals surface area contributed by atoms with Crippen molar-refractivity contribution in [3.8, 4) is 6.07 Å². The summed E-state index contributed by atoms with van der Waals surface area (Å²) in [6.45, 7) is 2.26. The minimum atomic E-state index is -0.350. The third-order valence-corrected chi connectivity index (χ3v) is 4.27. The van der Waals surface area contributed by atoms with E-state index in [1.807, 2.05) is 23.1 Å². The fourth-order valence-corrected chi connectivity index (χ4v) is 3.32. The van der Waals surface area contributed by atoms with E-state index in [9.17, 15) is 4.79 Å². The number of hydrogen-bond donors (Lipinski definition) is 1. The van der Waals surface area contributed by atoms with E-state index >= 15 is 0 Å². The van der Waals surface area contributed by atoms with Crippen molar-refractivity contribution < 1.29 is 4.79 Å². The molecule has 0 radical (unpaired) electrons. The van der Waals surface area contributed by atoms with Crippen LogP contribution in [0.25, 0.3) is 0 Å². The topological polar surface area (TPSA) is 56.1 Å². The number of benzene rings is 1. The van der Waals surface area contributed by atoms with Gasteiger partial charge >= 0.3 is 0 Å². The van der Waals surface area contributed by atoms with Crippen molar-refractivity contribution in [2.75, 3.05) is 24.5 Å². The molecule has 98 valence electrons. The maximum Gasteiger partial charge on any atom is 0.237 e. The van der Waals surface area contributed by atoms with Crippen LogP contribution >= 0.6 is 0 Å². The van der Waals surface area contributed by atoms with Crippen molar-refractivity contribution in [2.45, 2.75) is 24.7 Å². The summed E-state index contributed by atoms with van der Waals surface area (Å²) >= 11 is 0. The first kappa shape index (κ1) is 12.2. The SMILES string of the molecule is N#CCCN1C(=O)C2(CCNCC2)c2ccccc21. The van der Waals surface area contributed by atoms with Gasteiger partial charge in [-0.3, -0.25) is 4.79 Å². The Labute approximate surface area is 113 Å². The van der Waals surface area contributed by atoms with E-state index in [0.29, 0.717) is 13.0 Å². The van der Waals surface area contributed by atoms with Crippen LogP contribution in [-0.4, -0.2) is 25.5 Å². The van der Waals surface area contributed by atoms with E-state index in [2.05, 4.69) is 17.5 Å². The third-order valence-electron chi connectivity index (χ3n) is 4.27. The van der Waals surface area contributed by atoms with Gasteiger partial charge in [-0.25, -0.2) is 0 Å². The fourth-order valence-electron chi connectivity index (χ4n) is 3.32. The summed E-state index contributed by atoms with van der Waals surface area (Å²) in [4.78, 5) is 14.6. The molecule has 0 aromatic heterocycles. The molecule has 4 nitrogen and oxygen atoms in total. The standard InChI is InChI=1S/C15H17N3O/c16-8-3-11-18-13-5-2-1-4-12(13)15(14(18)19)6-9-17-10-7-15/h1-2,4-5,17H,3,6-7,9-11H2. The molecule has 0 aliphatic carbocycles. The number of nitriles is 1. The first-order valence-corrected chi connectivity index (χ1v) is 6.79. The second-order valence-corrected chi connectivity index (χ2v) is 5.21. The molecular weight excluding hydrogens is 238 g/mol. The molecule has 0 unspecified atom stereocenters. The zero-order valence-electron chi connectivity index (χ0n) is 10.9. The number of nitrogens with one attached hydrogen (secondary N) is 1. The van der Waals surface area contributed by atoms with E-state index in [1.165, 1.54) is 0 Å². The van der Waals surface area contributed by atoms with Gasteiger partial charge in [-0.05, 0) is 37.6 Å². The second-order valence-electron chi connectivity index (χ2n) is 5.21. The van der Waals surface area contributed by atoms with Crippen LogP contribution in [0, 0.1) is 11.3 Å². The number of carbonyl (C=O) groups is 1. The highest BCUT2D eigenvalue weighted by molar-refractivity contribution is 6.08. The number of amides is 1. The molecule has 1 aromatic carbocycles. The Morgan fingerprint density at radius 1 is 1.32 bits per heavy atom. The molecule has 1 spiro atoms. The van der Waals surface area contributed by atoms with Crippen LogP contribution in [0.15, 0.2) is 24.3 Å². The molecule has 2 aliphatic rings. The maximum absolute atomic E-state index is 12.8. The zero-order valence-corrected chi connectivity index (χ0v) is 10.9. The largest absolute Gasteiger partial charge is 0.317 e. The summed E-state index contributed by atoms with van der Waals surface area (Å²) in [5, 5.41) is 12.1. The fraction of sp³-hybridized carbons (Fsp3) is 0.467. The van der Waals surface area contributed by atoms with Gasteiger partial charge in [-0.1, -0.05) is 18.2 Å². The van der Waals surface area contributed by atoms with E-state index in [-0.39, 0.29) is 11.3 Å². The number of hydrogen-bond acceptors (Lipinski definition) is 3. The van der Waals surface area contributed by atoms with E-state index < -0.39 is 0 Å². The van der Waals surface area contributed by atoms with Crippen molar-refractivity contribution >= 4 is 11.6 Å². The van der Waals surface area contributed by atoms with Gasteiger partial charge in [0.15, 0.2) is 0 Å². The molecule has 1 fully saturated rings. The average Bonchev–Trinajstić information content (AvgIpc) is 2.69. The Balaban J connectivity index is 2.04. The molecule has 0 saturated carbocycles. The second kappa shape index (κ2) is 4.67. The van der Waals surface area contributed by atoms with Gasteiger partial charge < -0.3 is 10.2 Å². The number of carbonyl (C=O) groups excluding carboxylic acids is 1. The lowest BCUT2D eigenvalue weighted by molar-refractivity contribution is -0.124. The van der Waals surface area contributed by atoms with Gasteiger partial charge in [-0.2, -0.15) is 5.26 Å². The van der Waals surface area contributed by atoms with Crippen LogP contribution in [0.2, 0.25) is 0 Å². The Kier molecular flexibility index (Phi) is 3.00. The summed E-state index contributed by atoms with van der Waals surface area (Å²) in [5.41, 5.74) is 1.81. The van der Waals surface area contributed by atoms with E-state index in [4.69, 9.17) is 5.26 Å². The van der Waals surface area contributed by atoms with Crippen LogP contribution in [0.3, 0.4) is 0 Å². The van der Waals surface area contributed by atoms with Gasteiger partial charge in [0.25, 0.3) is 0 Å². The van der Waals surface area contributed by atoms with Crippen molar-refractivity contribution in [3.05, 3.63) is 29.8 Å². The molecule has 0 atom stereocenters. The quantitative estimate of drug-likeness (QED) is 0.872. The van der Waals surface area contributed by atoms with Crippen LogP contribution in [0.4, 0.5) is 5.69 Å². The molecule has 4 heteroatoms. The monoisotopic (exact) mass is 255 g/mol. The van der Waals surface area contributed by atoms with Gasteiger partial charge in [0.2, 0.25) is 5.91 Å². The van der Waals surface area contributed by atoms with E-state index in [0.717, 1.165) is 37.2 Å². The number of anilines is 1. The molecule has 1 aromatic rings. The van der Waals surface area contributed by atoms with Crippen molar-refractivity contribution in [1.82, 2.24) is 5.32 Å². The Morgan fingerprint density at radius 3 is 2.79 bits per heavy atom. The van der Waals surface area contributed by atoms with Gasteiger partial charge in [0.1, 0.15) is 0 Å². The van der Waals surface area contributed by atoms with Crippen molar-refractivity contribution in [2.24, 2.45) is 0 Å². The molecule has 1 amide bonds. The predicted molar refractivity (Wildman–Crippen MR) is 72.8 cm³/mol. The smallest absolute Gasteiger partial charge is 0.237 e. The first-order valence-electron chi connectivity index (χ1n) is 6.79. The van der Waals surface area contributed by atoms with E-state index in [1.54, 1.807) is 0 Å². The summed E-state index contributed by atoms with van der Waals surface area (Å²) in [5.74, 6) is 0.186. The molecule has 1 N–H and O–H groups in total. The molecule has 0 bridgehead atoms. The molecule has 2 heterocycles. The Morgan fingerprint density at radius 2 is 2.05 bits per heavy atom. The number of fused-ring (bicyclic) bond motifs is 2. The molecule has 3 rings (SSSR count). The lowest BCUT2D eigenvalue weighted by Crippen LogP contribution is -2.47. The number of rotatable bonds is 2. The highest BCUT2D eigenvalue weighted by Crippen LogP contribution is 2.46. The van der Waals surface area contributed by atoms with Crippen molar-refractivity contribution in [1.29, 1.82) is 5.26 Å². The minimum absolute atomic E-state index is 0.186. The number of nitrogens with zero attached hydrogens (tertiary/aromatic N) is 2. The Hall–Kier alpha value is -1.86. The first-order chi connectivity index (χ1) is 9.29. The normalized spacial score (nSPS) is 20.4. The molecule has 19 heavy (non-hydrogen) atoms. The lowest BCUT2D eigenvalue weighted by Gasteiger charge is -2.33. The lowest BCUT2D eigenvalue weighted by atomic mass is 9.74. The summed E-state index contributed by atoms with van der Waals surface area (Å²) in [6, 6.07) is 10.2. The third kappa shape index (κ3) is 1.73. The highest BCUT2D eigenvalue weighted by atomic mass is 16.2. The average molecular weight is 255 g/mol. The van der Waals surface area contributed by atoms with Gasteiger partial charge in [0, 0.05) is 12.2 Å². The van der Waals surface area contributed by atoms with Crippen LogP contribution in [0.5, 0.6) is 0 Å².